The van der Waals surface area contributed by atoms with Crippen molar-refractivity contribution in [3.8, 4) is 11.5 Å². The van der Waals surface area contributed by atoms with E-state index in [-0.39, 0.29) is 12.4 Å². The highest BCUT2D eigenvalue weighted by Gasteiger charge is 2.15. The molecule has 4 rings (SSSR count). The van der Waals surface area contributed by atoms with Crippen molar-refractivity contribution in [2.75, 3.05) is 12.8 Å². The van der Waals surface area contributed by atoms with Crippen LogP contribution >= 0.6 is 15.9 Å². The first-order valence-electron chi connectivity index (χ1n) is 9.31. The number of aliphatic hydroxyl groups excluding tert-OH is 1. The SMILES string of the molecule is COc1ccc(OCc2cccc(Cn3c(Br)nc4c(N)nc(F)nc43)c2)cc1CO. The summed E-state index contributed by atoms with van der Waals surface area (Å²) in [5.41, 5.74) is 8.96. The fourth-order valence-corrected chi connectivity index (χ4v) is 3.71. The summed E-state index contributed by atoms with van der Waals surface area (Å²) in [5, 5.41) is 9.46. The number of nitrogen functional groups attached to an aromatic ring is 1. The summed E-state index contributed by atoms with van der Waals surface area (Å²) < 4.78 is 26.9. The molecule has 0 aliphatic carbocycles. The van der Waals surface area contributed by atoms with Gasteiger partial charge in [0.2, 0.25) is 0 Å². The molecule has 2 aromatic heterocycles. The van der Waals surface area contributed by atoms with Crippen LogP contribution < -0.4 is 15.2 Å². The Labute approximate surface area is 185 Å². The van der Waals surface area contributed by atoms with Crippen molar-refractivity contribution >= 4 is 32.9 Å². The van der Waals surface area contributed by atoms with Crippen LogP contribution in [0.3, 0.4) is 0 Å². The van der Waals surface area contributed by atoms with Gasteiger partial charge in [-0.2, -0.15) is 14.4 Å². The number of rotatable bonds is 7. The van der Waals surface area contributed by atoms with Gasteiger partial charge in [-0.25, -0.2) is 4.98 Å². The molecule has 2 heterocycles. The number of anilines is 1. The first-order valence-corrected chi connectivity index (χ1v) is 10.1. The molecule has 0 radical (unpaired) electrons. The molecular weight excluding hydrogens is 469 g/mol. The van der Waals surface area contributed by atoms with Gasteiger partial charge in [-0.15, -0.1) is 0 Å². The molecule has 0 bridgehead atoms. The predicted octanol–water partition coefficient (Wildman–Crippen LogP) is 3.44. The van der Waals surface area contributed by atoms with Crippen molar-refractivity contribution in [3.05, 3.63) is 70.0 Å². The minimum atomic E-state index is -0.900. The molecule has 8 nitrogen and oxygen atoms in total. The molecule has 31 heavy (non-hydrogen) atoms. The molecule has 0 saturated heterocycles. The lowest BCUT2D eigenvalue weighted by atomic mass is 10.1. The molecule has 4 aromatic rings. The van der Waals surface area contributed by atoms with E-state index in [0.29, 0.717) is 46.1 Å². The average Bonchev–Trinajstić information content (AvgIpc) is 3.08. The molecule has 0 aliphatic heterocycles. The molecule has 160 valence electrons. The number of nitrogens with zero attached hydrogens (tertiary/aromatic N) is 4. The summed E-state index contributed by atoms with van der Waals surface area (Å²) >= 11 is 3.38. The van der Waals surface area contributed by atoms with Crippen LogP contribution in [0.25, 0.3) is 11.2 Å². The third kappa shape index (κ3) is 4.44. The van der Waals surface area contributed by atoms with Crippen molar-refractivity contribution in [1.29, 1.82) is 0 Å². The summed E-state index contributed by atoms with van der Waals surface area (Å²) in [5.74, 6) is 1.22. The fraction of sp³-hybridized carbons (Fsp3) is 0.190. The second kappa shape index (κ2) is 8.86. The number of ether oxygens (including phenoxy) is 2. The largest absolute Gasteiger partial charge is 0.496 e. The van der Waals surface area contributed by atoms with Crippen LogP contribution in [0.4, 0.5) is 10.2 Å². The number of halogens is 2. The molecule has 0 spiro atoms. The number of imidazole rings is 1. The van der Waals surface area contributed by atoms with Gasteiger partial charge < -0.3 is 20.3 Å². The maximum Gasteiger partial charge on any atom is 0.312 e. The van der Waals surface area contributed by atoms with E-state index in [1.807, 2.05) is 24.3 Å². The molecule has 0 unspecified atom stereocenters. The maximum atomic E-state index is 13.7. The zero-order valence-corrected chi connectivity index (χ0v) is 18.1. The third-order valence-corrected chi connectivity index (χ3v) is 5.31. The number of nitrogens with two attached hydrogens (primary N) is 1. The van der Waals surface area contributed by atoms with E-state index in [2.05, 4.69) is 30.9 Å². The number of benzene rings is 2. The molecule has 0 atom stereocenters. The Morgan fingerprint density at radius 3 is 2.71 bits per heavy atom. The Bertz CT molecular complexity index is 1250. The minimum absolute atomic E-state index is 0.00848. The van der Waals surface area contributed by atoms with Gasteiger partial charge in [-0.3, -0.25) is 4.57 Å². The molecule has 0 aliphatic rings. The lowest BCUT2D eigenvalue weighted by molar-refractivity contribution is 0.270. The first kappa shape index (κ1) is 21.0. The predicted molar refractivity (Wildman–Crippen MR) is 116 cm³/mol. The van der Waals surface area contributed by atoms with Crippen LogP contribution in [0.15, 0.2) is 47.2 Å². The van der Waals surface area contributed by atoms with Crippen LogP contribution in [-0.4, -0.2) is 31.7 Å². The van der Waals surface area contributed by atoms with E-state index in [4.69, 9.17) is 15.2 Å². The number of fused-ring (bicyclic) bond motifs is 1. The highest BCUT2D eigenvalue weighted by Crippen LogP contribution is 2.26. The maximum absolute atomic E-state index is 13.7. The molecular formula is C21H19BrFN5O3. The van der Waals surface area contributed by atoms with Crippen molar-refractivity contribution in [1.82, 2.24) is 19.5 Å². The van der Waals surface area contributed by atoms with Gasteiger partial charge >= 0.3 is 6.08 Å². The molecule has 10 heteroatoms. The van der Waals surface area contributed by atoms with Crippen LogP contribution in [0.2, 0.25) is 0 Å². The van der Waals surface area contributed by atoms with Crippen LogP contribution in [0.1, 0.15) is 16.7 Å². The number of methoxy groups -OCH3 is 1. The standard InChI is InChI=1S/C21H19BrFN5O3/c1-30-16-6-5-15(8-14(16)10-29)31-11-13-4-2-3-12(7-13)9-28-19-17(25-20(28)22)18(24)26-21(23)27-19/h2-8,29H,9-11H2,1H3,(H2,24,26,27). The normalized spacial score (nSPS) is 11.1. The molecule has 0 amide bonds. The zero-order chi connectivity index (χ0) is 22.0. The highest BCUT2D eigenvalue weighted by atomic mass is 79.9. The summed E-state index contributed by atoms with van der Waals surface area (Å²) in [6.45, 7) is 0.594. The van der Waals surface area contributed by atoms with Crippen LogP contribution in [0, 0.1) is 6.08 Å². The van der Waals surface area contributed by atoms with Crippen molar-refractivity contribution in [3.63, 3.8) is 0 Å². The lowest BCUT2D eigenvalue weighted by Crippen LogP contribution is -2.05. The van der Waals surface area contributed by atoms with E-state index in [9.17, 15) is 9.50 Å². The van der Waals surface area contributed by atoms with E-state index in [1.54, 1.807) is 29.9 Å². The highest BCUT2D eigenvalue weighted by molar-refractivity contribution is 9.10. The number of aliphatic hydroxyl groups is 1. The van der Waals surface area contributed by atoms with E-state index < -0.39 is 6.08 Å². The van der Waals surface area contributed by atoms with Gasteiger partial charge in [-0.05, 0) is 45.3 Å². The molecule has 3 N–H and O–H groups in total. The van der Waals surface area contributed by atoms with E-state index >= 15 is 0 Å². The number of hydrogen-bond acceptors (Lipinski definition) is 7. The van der Waals surface area contributed by atoms with Gasteiger partial charge in [0.1, 0.15) is 18.1 Å². The summed E-state index contributed by atoms with van der Waals surface area (Å²) in [6, 6.07) is 13.1. The van der Waals surface area contributed by atoms with Crippen molar-refractivity contribution in [2.24, 2.45) is 0 Å². The topological polar surface area (TPSA) is 108 Å². The third-order valence-electron chi connectivity index (χ3n) is 4.71. The van der Waals surface area contributed by atoms with Gasteiger partial charge in [0.25, 0.3) is 0 Å². The van der Waals surface area contributed by atoms with Crippen LogP contribution in [-0.2, 0) is 19.8 Å². The van der Waals surface area contributed by atoms with E-state index in [0.717, 1.165) is 11.1 Å². The summed E-state index contributed by atoms with van der Waals surface area (Å²) in [6.07, 6.45) is -0.900. The van der Waals surface area contributed by atoms with Gasteiger partial charge in [0.05, 0.1) is 20.3 Å². The Kier molecular flexibility index (Phi) is 6.01. The minimum Gasteiger partial charge on any atom is -0.496 e. The molecule has 0 saturated carbocycles. The Morgan fingerprint density at radius 2 is 1.94 bits per heavy atom. The lowest BCUT2D eigenvalue weighted by Gasteiger charge is -2.12. The van der Waals surface area contributed by atoms with Crippen molar-refractivity contribution in [2.45, 2.75) is 19.8 Å². The second-order valence-electron chi connectivity index (χ2n) is 6.76. The number of aromatic nitrogens is 4. The van der Waals surface area contributed by atoms with Gasteiger partial charge in [-0.1, -0.05) is 24.3 Å². The van der Waals surface area contributed by atoms with Crippen molar-refractivity contribution < 1.29 is 19.0 Å². The molecule has 2 aromatic carbocycles. The second-order valence-corrected chi connectivity index (χ2v) is 7.47. The van der Waals surface area contributed by atoms with Gasteiger partial charge in [0, 0.05) is 5.56 Å². The summed E-state index contributed by atoms with van der Waals surface area (Å²) in [4.78, 5) is 11.6. The first-order chi connectivity index (χ1) is 15.0. The monoisotopic (exact) mass is 487 g/mol. The number of hydrogen-bond donors (Lipinski definition) is 2. The quantitative estimate of drug-likeness (QED) is 0.303. The van der Waals surface area contributed by atoms with Crippen LogP contribution in [0.5, 0.6) is 11.5 Å². The van der Waals surface area contributed by atoms with Gasteiger partial charge in [0.15, 0.2) is 21.7 Å². The van der Waals surface area contributed by atoms with E-state index in [1.165, 1.54) is 0 Å². The Morgan fingerprint density at radius 1 is 1.13 bits per heavy atom. The Balaban J connectivity index is 1.53. The zero-order valence-electron chi connectivity index (χ0n) is 16.5. The average molecular weight is 488 g/mol. The summed E-state index contributed by atoms with van der Waals surface area (Å²) in [7, 11) is 1.55. The fourth-order valence-electron chi connectivity index (χ4n) is 3.24. The molecule has 0 fully saturated rings. The Hall–Kier alpha value is -3.24. The smallest absolute Gasteiger partial charge is 0.312 e.